The van der Waals surface area contributed by atoms with Crippen LogP contribution in [0.15, 0.2) is 29.6 Å². The Hall–Kier alpha value is -0.900. The fourth-order valence-electron chi connectivity index (χ4n) is 1.60. The summed E-state index contributed by atoms with van der Waals surface area (Å²) in [6.07, 6.45) is 0. The van der Waals surface area contributed by atoms with Gasteiger partial charge in [0, 0.05) is 4.88 Å². The minimum Gasteiger partial charge on any atom is -0.320 e. The van der Waals surface area contributed by atoms with Crippen molar-refractivity contribution < 1.29 is 4.39 Å². The van der Waals surface area contributed by atoms with Crippen molar-refractivity contribution in [2.24, 2.45) is 5.73 Å². The molecule has 0 spiro atoms. The quantitative estimate of drug-likeness (QED) is 0.866. The van der Waals surface area contributed by atoms with E-state index >= 15 is 0 Å². The van der Waals surface area contributed by atoms with Crippen molar-refractivity contribution >= 4 is 22.9 Å². The summed E-state index contributed by atoms with van der Waals surface area (Å²) in [5, 5.41) is 2.11. The zero-order valence-corrected chi connectivity index (χ0v) is 10.3. The maximum atomic E-state index is 13.3. The molecule has 16 heavy (non-hydrogen) atoms. The van der Waals surface area contributed by atoms with E-state index < -0.39 is 5.82 Å². The first-order valence-electron chi connectivity index (χ1n) is 4.84. The molecule has 84 valence electrons. The van der Waals surface area contributed by atoms with Crippen molar-refractivity contribution in [3.05, 3.63) is 56.5 Å². The van der Waals surface area contributed by atoms with Crippen molar-refractivity contribution in [2.45, 2.75) is 13.0 Å². The zero-order chi connectivity index (χ0) is 11.7. The van der Waals surface area contributed by atoms with Gasteiger partial charge in [0.1, 0.15) is 5.82 Å². The predicted octanol–water partition coefficient (Wildman–Crippen LogP) is 3.90. The van der Waals surface area contributed by atoms with Gasteiger partial charge in [0.05, 0.1) is 11.1 Å². The molecule has 4 heteroatoms. The van der Waals surface area contributed by atoms with Gasteiger partial charge in [-0.3, -0.25) is 0 Å². The molecule has 0 saturated heterocycles. The van der Waals surface area contributed by atoms with E-state index in [-0.39, 0.29) is 11.1 Å². The minimum absolute atomic E-state index is 0.123. The van der Waals surface area contributed by atoms with Gasteiger partial charge < -0.3 is 5.73 Å². The van der Waals surface area contributed by atoms with E-state index in [4.69, 9.17) is 17.3 Å². The summed E-state index contributed by atoms with van der Waals surface area (Å²) in [5.41, 5.74) is 7.85. The van der Waals surface area contributed by atoms with Crippen LogP contribution in [0.25, 0.3) is 0 Å². The second kappa shape index (κ2) is 4.53. The SMILES string of the molecule is Cc1sccc1C(N)c1ccc(Cl)c(F)c1. The van der Waals surface area contributed by atoms with Crippen molar-refractivity contribution in [3.63, 3.8) is 0 Å². The molecule has 0 saturated carbocycles. The number of thiophene rings is 1. The standard InChI is InChI=1S/C12H11ClFNS/c1-7-9(4-5-16-7)12(15)8-2-3-10(13)11(14)6-8/h2-6,12H,15H2,1H3. The molecular formula is C12H11ClFNS. The van der Waals surface area contributed by atoms with Gasteiger partial charge >= 0.3 is 0 Å². The summed E-state index contributed by atoms with van der Waals surface area (Å²) in [6.45, 7) is 2.01. The second-order valence-electron chi connectivity index (χ2n) is 3.58. The van der Waals surface area contributed by atoms with Crippen LogP contribution in [-0.2, 0) is 0 Å². The first-order chi connectivity index (χ1) is 7.59. The molecule has 0 fully saturated rings. The monoisotopic (exact) mass is 255 g/mol. The van der Waals surface area contributed by atoms with Crippen molar-refractivity contribution in [3.8, 4) is 0 Å². The molecule has 1 unspecified atom stereocenters. The lowest BCUT2D eigenvalue weighted by atomic mass is 10.0. The van der Waals surface area contributed by atoms with Crippen molar-refractivity contribution in [1.82, 2.24) is 0 Å². The van der Waals surface area contributed by atoms with Crippen LogP contribution in [0.2, 0.25) is 5.02 Å². The fraction of sp³-hybridized carbons (Fsp3) is 0.167. The van der Waals surface area contributed by atoms with Crippen LogP contribution in [0.3, 0.4) is 0 Å². The summed E-state index contributed by atoms with van der Waals surface area (Å²) in [7, 11) is 0. The van der Waals surface area contributed by atoms with Crippen molar-refractivity contribution in [1.29, 1.82) is 0 Å². The Bertz CT molecular complexity index is 509. The Morgan fingerprint density at radius 2 is 2.12 bits per heavy atom. The minimum atomic E-state index is -0.428. The van der Waals surface area contributed by atoms with E-state index in [1.165, 1.54) is 12.1 Å². The highest BCUT2D eigenvalue weighted by Crippen LogP contribution is 2.27. The topological polar surface area (TPSA) is 26.0 Å². The number of hydrogen-bond donors (Lipinski definition) is 1. The Morgan fingerprint density at radius 3 is 2.69 bits per heavy atom. The van der Waals surface area contributed by atoms with Gasteiger partial charge in [-0.15, -0.1) is 11.3 Å². The maximum absolute atomic E-state index is 13.3. The molecule has 1 nitrogen and oxygen atoms in total. The van der Waals surface area contributed by atoms with E-state index in [2.05, 4.69) is 0 Å². The molecule has 0 aliphatic carbocycles. The Morgan fingerprint density at radius 1 is 1.38 bits per heavy atom. The van der Waals surface area contributed by atoms with Crippen LogP contribution in [0, 0.1) is 12.7 Å². The zero-order valence-electron chi connectivity index (χ0n) is 8.71. The first kappa shape index (κ1) is 11.6. The van der Waals surface area contributed by atoms with E-state index in [0.29, 0.717) is 0 Å². The molecule has 0 radical (unpaired) electrons. The lowest BCUT2D eigenvalue weighted by Gasteiger charge is -2.12. The molecule has 0 bridgehead atoms. The van der Waals surface area contributed by atoms with E-state index in [0.717, 1.165) is 16.0 Å². The molecule has 0 aliphatic rings. The summed E-state index contributed by atoms with van der Waals surface area (Å²) in [5.74, 6) is -0.428. The first-order valence-corrected chi connectivity index (χ1v) is 6.10. The highest BCUT2D eigenvalue weighted by molar-refractivity contribution is 7.10. The molecule has 1 heterocycles. The van der Waals surface area contributed by atoms with Crippen molar-refractivity contribution in [2.75, 3.05) is 0 Å². The Labute approximate surface area is 103 Å². The number of aryl methyl sites for hydroxylation is 1. The van der Waals surface area contributed by atoms with Crippen LogP contribution >= 0.6 is 22.9 Å². The third kappa shape index (κ3) is 2.12. The van der Waals surface area contributed by atoms with Crippen LogP contribution in [-0.4, -0.2) is 0 Å². The molecule has 2 aromatic rings. The smallest absolute Gasteiger partial charge is 0.142 e. The molecular weight excluding hydrogens is 245 g/mol. The largest absolute Gasteiger partial charge is 0.320 e. The third-order valence-corrected chi connectivity index (χ3v) is 3.70. The van der Waals surface area contributed by atoms with Gasteiger partial charge in [0.25, 0.3) is 0 Å². The van der Waals surface area contributed by atoms with Crippen LogP contribution in [0.4, 0.5) is 4.39 Å². The summed E-state index contributed by atoms with van der Waals surface area (Å²) < 4.78 is 13.3. The maximum Gasteiger partial charge on any atom is 0.142 e. The van der Waals surface area contributed by atoms with E-state index in [1.807, 2.05) is 18.4 Å². The molecule has 0 amide bonds. The van der Waals surface area contributed by atoms with Crippen LogP contribution < -0.4 is 5.73 Å². The molecule has 2 rings (SSSR count). The molecule has 1 aromatic carbocycles. The number of halogens is 2. The summed E-state index contributed by atoms with van der Waals surface area (Å²) >= 11 is 7.26. The predicted molar refractivity (Wildman–Crippen MR) is 66.5 cm³/mol. The lowest BCUT2D eigenvalue weighted by molar-refractivity contribution is 0.624. The number of benzene rings is 1. The Kier molecular flexibility index (Phi) is 3.28. The fourth-order valence-corrected chi connectivity index (χ4v) is 2.47. The van der Waals surface area contributed by atoms with Gasteiger partial charge in [-0.2, -0.15) is 0 Å². The molecule has 1 atom stereocenters. The van der Waals surface area contributed by atoms with Crippen LogP contribution in [0.1, 0.15) is 22.0 Å². The Balaban J connectivity index is 2.38. The van der Waals surface area contributed by atoms with Crippen LogP contribution in [0.5, 0.6) is 0 Å². The lowest BCUT2D eigenvalue weighted by Crippen LogP contribution is -2.12. The highest BCUT2D eigenvalue weighted by Gasteiger charge is 2.13. The average Bonchev–Trinajstić information content (AvgIpc) is 2.67. The van der Waals surface area contributed by atoms with E-state index in [1.54, 1.807) is 17.4 Å². The van der Waals surface area contributed by atoms with Gasteiger partial charge in [-0.1, -0.05) is 17.7 Å². The van der Waals surface area contributed by atoms with Gasteiger partial charge in [-0.25, -0.2) is 4.39 Å². The molecule has 0 aliphatic heterocycles. The average molecular weight is 256 g/mol. The second-order valence-corrected chi connectivity index (χ2v) is 5.11. The third-order valence-electron chi connectivity index (χ3n) is 2.54. The van der Waals surface area contributed by atoms with Gasteiger partial charge in [-0.05, 0) is 41.6 Å². The molecule has 1 aromatic heterocycles. The number of nitrogens with two attached hydrogens (primary N) is 1. The normalized spacial score (nSPS) is 12.8. The van der Waals surface area contributed by atoms with Gasteiger partial charge in [0.15, 0.2) is 0 Å². The number of hydrogen-bond acceptors (Lipinski definition) is 2. The molecule has 2 N–H and O–H groups in total. The summed E-state index contributed by atoms with van der Waals surface area (Å²) in [4.78, 5) is 1.16. The van der Waals surface area contributed by atoms with E-state index in [9.17, 15) is 4.39 Å². The summed E-state index contributed by atoms with van der Waals surface area (Å²) in [6, 6.07) is 6.36. The number of rotatable bonds is 2. The van der Waals surface area contributed by atoms with Gasteiger partial charge in [0.2, 0.25) is 0 Å². The highest BCUT2D eigenvalue weighted by atomic mass is 35.5.